The highest BCUT2D eigenvalue weighted by Crippen LogP contribution is 2.14. The Bertz CT molecular complexity index is 733. The van der Waals surface area contributed by atoms with Gasteiger partial charge in [-0.05, 0) is 30.2 Å². The normalized spacial score (nSPS) is 16.1. The van der Waals surface area contributed by atoms with Crippen LogP contribution in [0, 0.1) is 0 Å². The second kappa shape index (κ2) is 12.8. The highest BCUT2D eigenvalue weighted by Gasteiger charge is 2.13. The molecule has 160 valence electrons. The number of aliphatic hydroxyl groups is 1. The Morgan fingerprint density at radius 3 is 2.59 bits per heavy atom. The number of aliphatic imine (C=N–C) groups is 1. The number of aliphatic hydroxyl groups excluding tert-OH is 1. The lowest BCUT2D eigenvalue weighted by molar-refractivity contribution is 0.0341. The van der Waals surface area contributed by atoms with Crippen LogP contribution in [0.3, 0.4) is 0 Å². The Balaban J connectivity index is 0.00000300. The molecule has 1 unspecified atom stereocenters. The average Bonchev–Trinajstić information content (AvgIpc) is 3.27. The number of morpholine rings is 1. The van der Waals surface area contributed by atoms with E-state index < -0.39 is 6.10 Å². The summed E-state index contributed by atoms with van der Waals surface area (Å²) in [5, 5.41) is 16.6. The van der Waals surface area contributed by atoms with Crippen LogP contribution in [0.15, 0.2) is 52.1 Å². The Hall–Kier alpha value is -1.62. The number of guanidine groups is 1. The Kier molecular flexibility index (Phi) is 10.5. The van der Waals surface area contributed by atoms with E-state index in [1.54, 1.807) is 18.4 Å². The summed E-state index contributed by atoms with van der Waals surface area (Å²) in [5.41, 5.74) is 2.50. The van der Waals surface area contributed by atoms with Crippen molar-refractivity contribution in [3.63, 3.8) is 0 Å². The largest absolute Gasteiger partial charge is 0.467 e. The lowest BCUT2D eigenvalue weighted by Crippen LogP contribution is -2.39. The molecule has 1 aromatic carbocycles. The van der Waals surface area contributed by atoms with Gasteiger partial charge in [-0.1, -0.05) is 24.3 Å². The van der Waals surface area contributed by atoms with E-state index in [9.17, 15) is 5.11 Å². The third-order valence-corrected chi connectivity index (χ3v) is 4.70. The van der Waals surface area contributed by atoms with Gasteiger partial charge in [0.25, 0.3) is 0 Å². The van der Waals surface area contributed by atoms with Crippen LogP contribution in [0.1, 0.15) is 29.9 Å². The molecule has 3 rings (SSSR count). The molecule has 0 radical (unpaired) electrons. The van der Waals surface area contributed by atoms with Gasteiger partial charge in [0.2, 0.25) is 0 Å². The van der Waals surface area contributed by atoms with E-state index in [0.29, 0.717) is 24.8 Å². The van der Waals surface area contributed by atoms with Crippen LogP contribution in [-0.2, 0) is 17.8 Å². The minimum Gasteiger partial charge on any atom is -0.467 e. The molecule has 3 N–H and O–H groups in total. The first kappa shape index (κ1) is 23.7. The molecule has 29 heavy (non-hydrogen) atoms. The summed E-state index contributed by atoms with van der Waals surface area (Å²) >= 11 is 0. The molecule has 1 aliphatic rings. The van der Waals surface area contributed by atoms with Gasteiger partial charge in [-0.3, -0.25) is 4.90 Å². The molecule has 2 aromatic rings. The number of nitrogens with zero attached hydrogens (tertiary/aromatic N) is 2. The second-order valence-corrected chi connectivity index (χ2v) is 6.76. The monoisotopic (exact) mass is 514 g/mol. The van der Waals surface area contributed by atoms with Gasteiger partial charge in [-0.25, -0.2) is 4.99 Å². The van der Waals surface area contributed by atoms with Gasteiger partial charge in [-0.15, -0.1) is 24.0 Å². The van der Waals surface area contributed by atoms with Crippen molar-refractivity contribution in [1.29, 1.82) is 0 Å². The van der Waals surface area contributed by atoms with Crippen molar-refractivity contribution in [2.75, 3.05) is 39.4 Å². The van der Waals surface area contributed by atoms with Crippen molar-refractivity contribution in [1.82, 2.24) is 15.5 Å². The number of benzene rings is 1. The maximum Gasteiger partial charge on any atom is 0.191 e. The van der Waals surface area contributed by atoms with Crippen LogP contribution >= 0.6 is 24.0 Å². The average molecular weight is 514 g/mol. The molecule has 1 aliphatic heterocycles. The lowest BCUT2D eigenvalue weighted by atomic mass is 10.1. The number of ether oxygens (including phenoxy) is 1. The standard InChI is InChI=1S/C21H30N4O3.HI/c1-2-22-21(24-15-19(26)20-8-5-11-28-20)23-14-17-6-3-4-7-18(17)16-25-9-12-27-13-10-25;/h3-8,11,19,26H,2,9-10,12-16H2,1H3,(H2,22,23,24);1H. The molecule has 8 heteroatoms. The fourth-order valence-corrected chi connectivity index (χ4v) is 3.15. The molecule has 0 spiro atoms. The van der Waals surface area contributed by atoms with Gasteiger partial charge in [0.15, 0.2) is 5.96 Å². The van der Waals surface area contributed by atoms with Gasteiger partial charge in [0, 0.05) is 26.2 Å². The second-order valence-electron chi connectivity index (χ2n) is 6.76. The van der Waals surface area contributed by atoms with Crippen molar-refractivity contribution in [2.45, 2.75) is 26.1 Å². The minimum atomic E-state index is -0.715. The van der Waals surface area contributed by atoms with Gasteiger partial charge in [0.1, 0.15) is 11.9 Å². The predicted octanol–water partition coefficient (Wildman–Crippen LogP) is 2.52. The Morgan fingerprint density at radius 1 is 1.14 bits per heavy atom. The predicted molar refractivity (Wildman–Crippen MR) is 124 cm³/mol. The van der Waals surface area contributed by atoms with Crippen molar-refractivity contribution in [3.05, 3.63) is 59.5 Å². The molecule has 2 heterocycles. The van der Waals surface area contributed by atoms with Crippen molar-refractivity contribution >= 4 is 29.9 Å². The molecule has 0 bridgehead atoms. The molecule has 1 fully saturated rings. The van der Waals surface area contributed by atoms with Crippen LogP contribution in [0.4, 0.5) is 0 Å². The van der Waals surface area contributed by atoms with E-state index >= 15 is 0 Å². The van der Waals surface area contributed by atoms with E-state index in [-0.39, 0.29) is 24.0 Å². The highest BCUT2D eigenvalue weighted by molar-refractivity contribution is 14.0. The van der Waals surface area contributed by atoms with E-state index in [2.05, 4.69) is 39.8 Å². The molecule has 1 saturated heterocycles. The molecule has 0 amide bonds. The smallest absolute Gasteiger partial charge is 0.191 e. The molecule has 7 nitrogen and oxygen atoms in total. The zero-order valence-electron chi connectivity index (χ0n) is 16.8. The van der Waals surface area contributed by atoms with Crippen molar-refractivity contribution in [3.8, 4) is 0 Å². The summed E-state index contributed by atoms with van der Waals surface area (Å²) in [6, 6.07) is 11.9. The van der Waals surface area contributed by atoms with Gasteiger partial charge in [-0.2, -0.15) is 0 Å². The zero-order chi connectivity index (χ0) is 19.6. The highest BCUT2D eigenvalue weighted by atomic mass is 127. The van der Waals surface area contributed by atoms with E-state index in [1.807, 2.05) is 6.92 Å². The summed E-state index contributed by atoms with van der Waals surface area (Å²) in [6.45, 7) is 8.11. The molecule has 1 aromatic heterocycles. The number of furan rings is 1. The topological polar surface area (TPSA) is 82.3 Å². The first-order valence-corrected chi connectivity index (χ1v) is 9.86. The van der Waals surface area contributed by atoms with E-state index in [4.69, 9.17) is 14.1 Å². The maximum absolute atomic E-state index is 10.2. The molecule has 0 saturated carbocycles. The van der Waals surface area contributed by atoms with Crippen LogP contribution in [0.5, 0.6) is 0 Å². The van der Waals surface area contributed by atoms with Crippen molar-refractivity contribution in [2.24, 2.45) is 4.99 Å². The van der Waals surface area contributed by atoms with E-state index in [0.717, 1.165) is 39.4 Å². The van der Waals surface area contributed by atoms with Gasteiger partial charge in [0.05, 0.1) is 32.6 Å². The lowest BCUT2D eigenvalue weighted by Gasteiger charge is -2.27. The molecular weight excluding hydrogens is 483 g/mol. The first-order valence-electron chi connectivity index (χ1n) is 9.86. The Morgan fingerprint density at radius 2 is 1.90 bits per heavy atom. The number of nitrogens with one attached hydrogen (secondary N) is 2. The quantitative estimate of drug-likeness (QED) is 0.286. The minimum absolute atomic E-state index is 0. The van der Waals surface area contributed by atoms with Crippen LogP contribution in [-0.4, -0.2) is 55.4 Å². The third kappa shape index (κ3) is 7.61. The van der Waals surface area contributed by atoms with Crippen LogP contribution in [0.2, 0.25) is 0 Å². The van der Waals surface area contributed by atoms with Gasteiger partial charge >= 0.3 is 0 Å². The summed E-state index contributed by atoms with van der Waals surface area (Å²) in [7, 11) is 0. The number of hydrogen-bond acceptors (Lipinski definition) is 5. The summed E-state index contributed by atoms with van der Waals surface area (Å²) < 4.78 is 10.7. The zero-order valence-corrected chi connectivity index (χ0v) is 19.2. The summed E-state index contributed by atoms with van der Waals surface area (Å²) in [4.78, 5) is 7.11. The number of rotatable bonds is 8. The number of halogens is 1. The Labute approximate surface area is 189 Å². The van der Waals surface area contributed by atoms with Crippen LogP contribution in [0.25, 0.3) is 0 Å². The fraction of sp³-hybridized carbons (Fsp3) is 0.476. The third-order valence-electron chi connectivity index (χ3n) is 4.70. The summed E-state index contributed by atoms with van der Waals surface area (Å²) in [5.74, 6) is 1.22. The molecule has 1 atom stereocenters. The van der Waals surface area contributed by atoms with Crippen molar-refractivity contribution < 1.29 is 14.3 Å². The van der Waals surface area contributed by atoms with Gasteiger partial charge < -0.3 is 24.9 Å². The first-order chi connectivity index (χ1) is 13.8. The summed E-state index contributed by atoms with van der Waals surface area (Å²) in [6.07, 6.45) is 0.843. The molecule has 0 aliphatic carbocycles. The molecular formula is C21H31IN4O3. The van der Waals surface area contributed by atoms with Crippen LogP contribution < -0.4 is 10.6 Å². The van der Waals surface area contributed by atoms with E-state index in [1.165, 1.54) is 11.1 Å². The maximum atomic E-state index is 10.2. The number of hydrogen-bond donors (Lipinski definition) is 3. The SMILES string of the molecule is CCNC(=NCc1ccccc1CN1CCOCC1)NCC(O)c1ccco1.I. The fourth-order valence-electron chi connectivity index (χ4n) is 3.15.